The van der Waals surface area contributed by atoms with Gasteiger partial charge in [0.25, 0.3) is 0 Å². The zero-order valence-corrected chi connectivity index (χ0v) is 13.8. The van der Waals surface area contributed by atoms with Crippen LogP contribution in [0.3, 0.4) is 0 Å². The number of hydrogen-bond acceptors (Lipinski definition) is 4. The van der Waals surface area contributed by atoms with Gasteiger partial charge < -0.3 is 10.6 Å². The summed E-state index contributed by atoms with van der Waals surface area (Å²) >= 11 is 0. The lowest BCUT2D eigenvalue weighted by Crippen LogP contribution is -2.13. The Hall–Kier alpha value is -2.95. The van der Waals surface area contributed by atoms with E-state index in [4.69, 9.17) is 0 Å². The van der Waals surface area contributed by atoms with E-state index in [-0.39, 0.29) is 5.91 Å². The first-order chi connectivity index (χ1) is 11.6. The molecular weight excluding hydrogens is 300 g/mol. The van der Waals surface area contributed by atoms with Gasteiger partial charge in [-0.05, 0) is 30.2 Å². The van der Waals surface area contributed by atoms with E-state index in [1.54, 1.807) is 12.4 Å². The number of nitrogens with zero attached hydrogens (tertiary/aromatic N) is 2. The Morgan fingerprint density at radius 2 is 1.92 bits per heavy atom. The van der Waals surface area contributed by atoms with Crippen molar-refractivity contribution >= 4 is 34.0 Å². The number of fused-ring (bicyclic) bond motifs is 1. The second kappa shape index (κ2) is 7.08. The number of pyridine rings is 2. The predicted molar refractivity (Wildman–Crippen MR) is 97.3 cm³/mol. The number of amides is 1. The van der Waals surface area contributed by atoms with Gasteiger partial charge in [0, 0.05) is 18.0 Å². The zero-order chi connectivity index (χ0) is 16.9. The van der Waals surface area contributed by atoms with Crippen LogP contribution in [0.25, 0.3) is 10.9 Å². The molecule has 0 bridgehead atoms. The van der Waals surface area contributed by atoms with E-state index < -0.39 is 0 Å². The highest BCUT2D eigenvalue weighted by Crippen LogP contribution is 2.24. The summed E-state index contributed by atoms with van der Waals surface area (Å²) in [6, 6.07) is 13.6. The van der Waals surface area contributed by atoms with Gasteiger partial charge in [-0.25, -0.2) is 4.98 Å². The van der Waals surface area contributed by atoms with E-state index >= 15 is 0 Å². The quantitative estimate of drug-likeness (QED) is 0.733. The van der Waals surface area contributed by atoms with Crippen molar-refractivity contribution in [2.75, 3.05) is 10.6 Å². The first-order valence-electron chi connectivity index (χ1n) is 7.98. The van der Waals surface area contributed by atoms with E-state index in [0.29, 0.717) is 23.8 Å². The summed E-state index contributed by atoms with van der Waals surface area (Å²) in [7, 11) is 0. The van der Waals surface area contributed by atoms with Crippen molar-refractivity contribution in [1.82, 2.24) is 9.97 Å². The third-order valence-corrected chi connectivity index (χ3v) is 3.54. The van der Waals surface area contributed by atoms with Crippen LogP contribution in [0.2, 0.25) is 0 Å². The predicted octanol–water partition coefficient (Wildman–Crippen LogP) is 4.36. The Bertz CT molecular complexity index is 838. The monoisotopic (exact) mass is 320 g/mol. The van der Waals surface area contributed by atoms with Gasteiger partial charge in [-0.3, -0.25) is 9.78 Å². The molecule has 0 fully saturated rings. The minimum atomic E-state index is 0.00534. The molecule has 2 heterocycles. The molecule has 0 aliphatic carbocycles. The van der Waals surface area contributed by atoms with Crippen LogP contribution in [0.1, 0.15) is 20.3 Å². The van der Waals surface area contributed by atoms with Crippen molar-refractivity contribution in [3.05, 3.63) is 54.9 Å². The third-order valence-electron chi connectivity index (χ3n) is 3.54. The van der Waals surface area contributed by atoms with Crippen LogP contribution in [0, 0.1) is 5.92 Å². The number of benzene rings is 1. The second-order valence-corrected chi connectivity index (χ2v) is 6.08. The summed E-state index contributed by atoms with van der Waals surface area (Å²) in [5, 5.41) is 7.20. The topological polar surface area (TPSA) is 66.9 Å². The first-order valence-corrected chi connectivity index (χ1v) is 7.98. The summed E-state index contributed by atoms with van der Waals surface area (Å²) in [6.07, 6.45) is 3.93. The summed E-state index contributed by atoms with van der Waals surface area (Å²) in [6.45, 7) is 4.03. The maximum atomic E-state index is 11.8. The molecule has 3 rings (SSSR count). The minimum Gasteiger partial charge on any atom is -0.338 e. The summed E-state index contributed by atoms with van der Waals surface area (Å²) < 4.78 is 0. The molecule has 1 aromatic carbocycles. The zero-order valence-electron chi connectivity index (χ0n) is 13.8. The highest BCUT2D eigenvalue weighted by atomic mass is 16.1. The summed E-state index contributed by atoms with van der Waals surface area (Å²) in [5.41, 5.74) is 2.50. The van der Waals surface area contributed by atoms with Gasteiger partial charge in [-0.1, -0.05) is 32.0 Å². The average molecular weight is 320 g/mol. The number of nitrogens with one attached hydrogen (secondary N) is 2. The van der Waals surface area contributed by atoms with Crippen LogP contribution in [0.4, 0.5) is 17.2 Å². The highest BCUT2D eigenvalue weighted by molar-refractivity contribution is 5.92. The first kappa shape index (κ1) is 15.9. The molecule has 0 saturated carbocycles. The molecule has 2 N–H and O–H groups in total. The molecule has 0 radical (unpaired) electrons. The lowest BCUT2D eigenvalue weighted by Gasteiger charge is -2.10. The number of para-hydroxylation sites is 1. The van der Waals surface area contributed by atoms with Gasteiger partial charge in [-0.15, -0.1) is 0 Å². The molecule has 24 heavy (non-hydrogen) atoms. The number of hydrogen-bond donors (Lipinski definition) is 2. The largest absolute Gasteiger partial charge is 0.338 e. The van der Waals surface area contributed by atoms with Crippen LogP contribution in [0.15, 0.2) is 54.9 Å². The lowest BCUT2D eigenvalue weighted by molar-refractivity contribution is -0.116. The molecule has 2 aromatic heterocycles. The molecule has 0 aliphatic rings. The van der Waals surface area contributed by atoms with Crippen LogP contribution in [0.5, 0.6) is 0 Å². The number of carbonyl (C=O) groups excluding carboxylic acids is 1. The average Bonchev–Trinajstić information content (AvgIpc) is 2.56. The highest BCUT2D eigenvalue weighted by Gasteiger charge is 2.06. The smallest absolute Gasteiger partial charge is 0.224 e. The minimum absolute atomic E-state index is 0.00534. The van der Waals surface area contributed by atoms with Gasteiger partial charge in [0.1, 0.15) is 5.82 Å². The fraction of sp³-hybridized carbons (Fsp3) is 0.211. The number of carbonyl (C=O) groups is 1. The molecule has 5 nitrogen and oxygen atoms in total. The van der Waals surface area contributed by atoms with E-state index in [9.17, 15) is 4.79 Å². The van der Waals surface area contributed by atoms with Gasteiger partial charge in [0.2, 0.25) is 5.91 Å². The van der Waals surface area contributed by atoms with Crippen molar-refractivity contribution < 1.29 is 4.79 Å². The van der Waals surface area contributed by atoms with E-state index in [1.807, 2.05) is 56.3 Å². The number of aromatic nitrogens is 2. The van der Waals surface area contributed by atoms with E-state index in [2.05, 4.69) is 20.6 Å². The van der Waals surface area contributed by atoms with Gasteiger partial charge >= 0.3 is 0 Å². The fourth-order valence-corrected chi connectivity index (χ4v) is 2.47. The molecule has 3 aromatic rings. The Morgan fingerprint density at radius 1 is 1.08 bits per heavy atom. The van der Waals surface area contributed by atoms with Crippen molar-refractivity contribution in [2.24, 2.45) is 5.92 Å². The van der Waals surface area contributed by atoms with E-state index in [1.165, 1.54) is 0 Å². The third kappa shape index (κ3) is 3.87. The van der Waals surface area contributed by atoms with Gasteiger partial charge in [0.05, 0.1) is 23.1 Å². The van der Waals surface area contributed by atoms with Crippen molar-refractivity contribution in [1.29, 1.82) is 0 Å². The Labute approximate surface area is 141 Å². The van der Waals surface area contributed by atoms with Crippen LogP contribution in [-0.2, 0) is 4.79 Å². The molecule has 0 spiro atoms. The molecule has 1 amide bonds. The SMILES string of the molecule is CC(C)CC(=O)Nc1ccc(Nc2cccc3cccnc23)nc1. The number of rotatable bonds is 5. The molecular formula is C19H20N4O. The standard InChI is InChI=1S/C19H20N4O/c1-13(2)11-18(24)22-15-8-9-17(21-12-15)23-16-7-3-5-14-6-4-10-20-19(14)16/h3-10,12-13H,11H2,1-2H3,(H,21,23)(H,22,24). The fourth-order valence-electron chi connectivity index (χ4n) is 2.47. The van der Waals surface area contributed by atoms with Crippen LogP contribution >= 0.6 is 0 Å². The maximum absolute atomic E-state index is 11.8. The number of anilines is 3. The molecule has 0 saturated heterocycles. The van der Waals surface area contributed by atoms with E-state index in [0.717, 1.165) is 16.6 Å². The molecule has 5 heteroatoms. The Kier molecular flexibility index (Phi) is 4.70. The molecule has 0 aliphatic heterocycles. The molecule has 0 unspecified atom stereocenters. The molecule has 0 atom stereocenters. The Morgan fingerprint density at radius 3 is 2.67 bits per heavy atom. The summed E-state index contributed by atoms with van der Waals surface area (Å²) in [5.74, 6) is 1.04. The Balaban J connectivity index is 1.73. The van der Waals surface area contributed by atoms with Crippen molar-refractivity contribution in [3.63, 3.8) is 0 Å². The maximum Gasteiger partial charge on any atom is 0.224 e. The lowest BCUT2D eigenvalue weighted by atomic mass is 10.1. The summed E-state index contributed by atoms with van der Waals surface area (Å²) in [4.78, 5) is 20.6. The van der Waals surface area contributed by atoms with Crippen LogP contribution < -0.4 is 10.6 Å². The van der Waals surface area contributed by atoms with Gasteiger partial charge in [-0.2, -0.15) is 0 Å². The van der Waals surface area contributed by atoms with Crippen molar-refractivity contribution in [2.45, 2.75) is 20.3 Å². The second-order valence-electron chi connectivity index (χ2n) is 6.08. The van der Waals surface area contributed by atoms with Crippen LogP contribution in [-0.4, -0.2) is 15.9 Å². The van der Waals surface area contributed by atoms with Crippen molar-refractivity contribution in [3.8, 4) is 0 Å². The normalized spacial score (nSPS) is 10.8. The van der Waals surface area contributed by atoms with Gasteiger partial charge in [0.15, 0.2) is 0 Å². The molecule has 122 valence electrons.